The van der Waals surface area contributed by atoms with Gasteiger partial charge in [0.2, 0.25) is 5.91 Å². The van der Waals surface area contributed by atoms with Crippen LogP contribution in [0.15, 0.2) is 18.2 Å². The third kappa shape index (κ3) is 4.82. The van der Waals surface area contributed by atoms with Crippen LogP contribution in [0.2, 0.25) is 0 Å². The predicted octanol–water partition coefficient (Wildman–Crippen LogP) is 3.73. The van der Waals surface area contributed by atoms with Crippen LogP contribution in [0.5, 0.6) is 0 Å². The quantitative estimate of drug-likeness (QED) is 0.391. The zero-order valence-corrected chi connectivity index (χ0v) is 17.6. The number of benzene rings is 1. The second kappa shape index (κ2) is 8.62. The molecule has 0 unspecified atom stereocenters. The summed E-state index contributed by atoms with van der Waals surface area (Å²) in [6.07, 6.45) is 1.67. The first-order chi connectivity index (χ1) is 14.2. The minimum atomic E-state index is -0.739. The van der Waals surface area contributed by atoms with Crippen LogP contribution in [0.25, 0.3) is 0 Å². The number of ether oxygens (including phenoxy) is 1. The van der Waals surface area contributed by atoms with Gasteiger partial charge in [0, 0.05) is 16.9 Å². The van der Waals surface area contributed by atoms with E-state index < -0.39 is 23.4 Å². The molecule has 1 aliphatic rings. The lowest BCUT2D eigenvalue weighted by atomic mass is 10.1. The van der Waals surface area contributed by atoms with Crippen molar-refractivity contribution in [2.75, 3.05) is 17.2 Å². The van der Waals surface area contributed by atoms with Crippen LogP contribution in [0.4, 0.5) is 16.4 Å². The number of nitrogens with zero attached hydrogens (tertiary/aromatic N) is 1. The highest BCUT2D eigenvalue weighted by molar-refractivity contribution is 7.16. The number of nitro benzene ring substituents is 1. The van der Waals surface area contributed by atoms with Crippen molar-refractivity contribution in [2.24, 2.45) is 5.92 Å². The number of esters is 1. The minimum absolute atomic E-state index is 0.0200. The van der Waals surface area contributed by atoms with Crippen molar-refractivity contribution in [3.05, 3.63) is 49.9 Å². The fourth-order valence-electron chi connectivity index (χ4n) is 2.81. The average Bonchev–Trinajstić information content (AvgIpc) is 3.49. The third-order valence-electron chi connectivity index (χ3n) is 4.73. The maximum atomic E-state index is 12.6. The molecule has 2 amide bonds. The second-order valence-corrected chi connectivity index (χ2v) is 8.38. The van der Waals surface area contributed by atoms with Gasteiger partial charge in [-0.3, -0.25) is 19.7 Å². The Hall–Kier alpha value is -3.27. The summed E-state index contributed by atoms with van der Waals surface area (Å²) in [5, 5.41) is 16.7. The van der Waals surface area contributed by atoms with Gasteiger partial charge >= 0.3 is 5.97 Å². The summed E-state index contributed by atoms with van der Waals surface area (Å²) < 4.78 is 5.11. The van der Waals surface area contributed by atoms with Gasteiger partial charge in [-0.15, -0.1) is 11.3 Å². The number of thiophene rings is 1. The molecule has 3 rings (SSSR count). The molecule has 2 N–H and O–H groups in total. The van der Waals surface area contributed by atoms with Crippen LogP contribution >= 0.6 is 11.3 Å². The molecular weight excluding hydrogens is 410 g/mol. The van der Waals surface area contributed by atoms with E-state index in [0.29, 0.717) is 16.1 Å². The van der Waals surface area contributed by atoms with Crippen molar-refractivity contribution in [3.63, 3.8) is 0 Å². The Balaban J connectivity index is 1.66. The molecule has 1 heterocycles. The number of nitro groups is 1. The van der Waals surface area contributed by atoms with Gasteiger partial charge in [0.15, 0.2) is 6.61 Å². The molecule has 1 fully saturated rings. The van der Waals surface area contributed by atoms with Crippen LogP contribution in [-0.4, -0.2) is 29.3 Å². The number of aryl methyl sites for hydroxylation is 2. The highest BCUT2D eigenvalue weighted by Gasteiger charge is 2.32. The number of hydrogen-bond acceptors (Lipinski definition) is 7. The molecule has 0 radical (unpaired) electrons. The van der Waals surface area contributed by atoms with E-state index in [1.165, 1.54) is 23.5 Å². The maximum Gasteiger partial charge on any atom is 0.341 e. The Labute approximate surface area is 176 Å². The fraction of sp³-hybridized carbons (Fsp3) is 0.350. The summed E-state index contributed by atoms with van der Waals surface area (Å²) in [5.41, 5.74) is 1.34. The van der Waals surface area contributed by atoms with E-state index in [2.05, 4.69) is 10.6 Å². The average molecular weight is 431 g/mol. The van der Waals surface area contributed by atoms with Crippen molar-refractivity contribution in [3.8, 4) is 0 Å². The lowest BCUT2D eigenvalue weighted by molar-refractivity contribution is -0.384. The Morgan fingerprint density at radius 3 is 2.53 bits per heavy atom. The molecule has 0 saturated heterocycles. The molecule has 1 aromatic heterocycles. The summed E-state index contributed by atoms with van der Waals surface area (Å²) >= 11 is 1.28. The van der Waals surface area contributed by atoms with Gasteiger partial charge in [-0.2, -0.15) is 0 Å². The van der Waals surface area contributed by atoms with Crippen LogP contribution in [0.3, 0.4) is 0 Å². The summed E-state index contributed by atoms with van der Waals surface area (Å²) in [5.74, 6) is -1.60. The zero-order chi connectivity index (χ0) is 22.0. The van der Waals surface area contributed by atoms with Crippen molar-refractivity contribution < 1.29 is 24.0 Å². The maximum absolute atomic E-state index is 12.6. The number of carbonyl (C=O) groups excluding carboxylic acids is 3. The third-order valence-corrected chi connectivity index (χ3v) is 5.86. The Kier molecular flexibility index (Phi) is 6.16. The van der Waals surface area contributed by atoms with Crippen molar-refractivity contribution >= 4 is 45.5 Å². The summed E-state index contributed by atoms with van der Waals surface area (Å²) in [7, 11) is 0. The van der Waals surface area contributed by atoms with E-state index in [-0.39, 0.29) is 28.8 Å². The fourth-order valence-corrected chi connectivity index (χ4v) is 3.86. The monoisotopic (exact) mass is 431 g/mol. The first-order valence-electron chi connectivity index (χ1n) is 9.30. The number of amides is 2. The van der Waals surface area contributed by atoms with E-state index in [9.17, 15) is 24.5 Å². The molecule has 1 aliphatic carbocycles. The first-order valence-corrected chi connectivity index (χ1v) is 10.1. The molecule has 30 heavy (non-hydrogen) atoms. The second-order valence-electron chi connectivity index (χ2n) is 7.15. The number of anilines is 2. The number of hydrogen-bond donors (Lipinski definition) is 2. The Morgan fingerprint density at radius 2 is 1.90 bits per heavy atom. The van der Waals surface area contributed by atoms with Crippen molar-refractivity contribution in [1.82, 2.24) is 0 Å². The molecule has 0 bridgehead atoms. The molecule has 158 valence electrons. The van der Waals surface area contributed by atoms with Crippen molar-refractivity contribution in [2.45, 2.75) is 33.6 Å². The summed E-state index contributed by atoms with van der Waals surface area (Å²) in [6.45, 7) is 4.65. The van der Waals surface area contributed by atoms with Crippen molar-refractivity contribution in [1.29, 1.82) is 0 Å². The lowest BCUT2D eigenvalue weighted by Gasteiger charge is -2.09. The van der Waals surface area contributed by atoms with E-state index in [1.54, 1.807) is 19.9 Å². The molecule has 10 heteroatoms. The molecule has 2 aromatic rings. The lowest BCUT2D eigenvalue weighted by Crippen LogP contribution is -2.22. The van der Waals surface area contributed by atoms with Gasteiger partial charge in [-0.05, 0) is 50.8 Å². The van der Waals surface area contributed by atoms with Gasteiger partial charge in [-0.1, -0.05) is 6.07 Å². The topological polar surface area (TPSA) is 128 Å². The van der Waals surface area contributed by atoms with Gasteiger partial charge in [-0.25, -0.2) is 4.79 Å². The number of rotatable bonds is 7. The predicted molar refractivity (Wildman–Crippen MR) is 112 cm³/mol. The standard InChI is InChI=1S/C20H21N3O6S/c1-10-4-7-14(15(8-10)23(27)28)21-16(24)9-29-20(26)17-11(2)12(3)30-19(17)22-18(25)13-5-6-13/h4,7-8,13H,5-6,9H2,1-3H3,(H,21,24)(H,22,25). The van der Waals surface area contributed by atoms with Gasteiger partial charge in [0.05, 0.1) is 10.5 Å². The van der Waals surface area contributed by atoms with E-state index in [1.807, 2.05) is 6.92 Å². The van der Waals surface area contributed by atoms with Gasteiger partial charge in [0.25, 0.3) is 11.6 Å². The highest BCUT2D eigenvalue weighted by atomic mass is 32.1. The normalized spacial score (nSPS) is 12.9. The van der Waals surface area contributed by atoms with Gasteiger partial charge in [0.1, 0.15) is 10.7 Å². The molecule has 9 nitrogen and oxygen atoms in total. The molecule has 1 saturated carbocycles. The van der Waals surface area contributed by atoms with E-state index in [4.69, 9.17) is 4.74 Å². The smallest absolute Gasteiger partial charge is 0.341 e. The van der Waals surface area contributed by atoms with E-state index in [0.717, 1.165) is 17.7 Å². The SMILES string of the molecule is Cc1ccc(NC(=O)COC(=O)c2c(NC(=O)C3CC3)sc(C)c2C)c([N+](=O)[O-])c1. The zero-order valence-electron chi connectivity index (χ0n) is 16.7. The Morgan fingerprint density at radius 1 is 1.20 bits per heavy atom. The highest BCUT2D eigenvalue weighted by Crippen LogP contribution is 2.36. The Bertz CT molecular complexity index is 1040. The van der Waals surface area contributed by atoms with Crippen LogP contribution in [-0.2, 0) is 14.3 Å². The first kappa shape index (κ1) is 21.4. The molecule has 0 aliphatic heterocycles. The largest absolute Gasteiger partial charge is 0.452 e. The van der Waals surface area contributed by atoms with E-state index >= 15 is 0 Å². The summed E-state index contributed by atoms with van der Waals surface area (Å²) in [6, 6.07) is 4.39. The summed E-state index contributed by atoms with van der Waals surface area (Å²) in [4.78, 5) is 48.3. The molecule has 1 aromatic carbocycles. The minimum Gasteiger partial charge on any atom is -0.452 e. The van der Waals surface area contributed by atoms with Crippen LogP contribution in [0, 0.1) is 36.8 Å². The van der Waals surface area contributed by atoms with Gasteiger partial charge < -0.3 is 15.4 Å². The molecule has 0 spiro atoms. The van der Waals surface area contributed by atoms with Crippen LogP contribution in [0.1, 0.15) is 39.2 Å². The van der Waals surface area contributed by atoms with Crippen LogP contribution < -0.4 is 10.6 Å². The molecule has 0 atom stereocenters. The number of nitrogens with one attached hydrogen (secondary N) is 2. The molecular formula is C20H21N3O6S. The number of carbonyl (C=O) groups is 3.